The van der Waals surface area contributed by atoms with Crippen LogP contribution in [-0.4, -0.2) is 6.26 Å². The first-order chi connectivity index (χ1) is 7.29. The third kappa shape index (κ3) is 2.67. The molecule has 0 spiro atoms. The van der Waals surface area contributed by atoms with Crippen LogP contribution in [0.15, 0.2) is 39.4 Å². The molecule has 80 valence electrons. The maximum atomic E-state index is 5.10. The number of hydrogen-bond donors (Lipinski definition) is 0. The summed E-state index contributed by atoms with van der Waals surface area (Å²) in [5.74, 6) is 0.539. The van der Waals surface area contributed by atoms with Crippen molar-refractivity contribution in [2.24, 2.45) is 0 Å². The smallest absolute Gasteiger partial charge is 0.0937 e. The summed E-state index contributed by atoms with van der Waals surface area (Å²) in [4.78, 5) is 2.82. The van der Waals surface area contributed by atoms with Crippen molar-refractivity contribution in [3.8, 4) is 0 Å². The molecule has 2 rings (SSSR count). The fraction of sp³-hybridized carbons (Fsp3) is 0.333. The summed E-state index contributed by atoms with van der Waals surface area (Å²) < 4.78 is 5.10. The highest BCUT2D eigenvalue weighted by atomic mass is 32.2. The van der Waals surface area contributed by atoms with Gasteiger partial charge in [0.1, 0.15) is 0 Å². The Morgan fingerprint density at radius 2 is 2.40 bits per heavy atom. The van der Waals surface area contributed by atoms with Crippen LogP contribution in [0.2, 0.25) is 0 Å². The molecule has 0 N–H and O–H groups in total. The van der Waals surface area contributed by atoms with E-state index in [4.69, 9.17) is 4.42 Å². The largest absolute Gasteiger partial charge is 0.472 e. The second kappa shape index (κ2) is 4.90. The van der Waals surface area contributed by atoms with Gasteiger partial charge in [-0.3, -0.25) is 0 Å². The zero-order valence-electron chi connectivity index (χ0n) is 8.90. The van der Waals surface area contributed by atoms with Crippen molar-refractivity contribution < 1.29 is 4.42 Å². The SMILES string of the molecule is CSc1csc(CC(C)c2ccoc2)c1. The normalized spacial score (nSPS) is 12.9. The average molecular weight is 238 g/mol. The number of thioether (sulfide) groups is 1. The summed E-state index contributed by atoms with van der Waals surface area (Å²) in [5.41, 5.74) is 1.29. The topological polar surface area (TPSA) is 13.1 Å². The number of furan rings is 1. The first-order valence-electron chi connectivity index (χ1n) is 4.93. The monoisotopic (exact) mass is 238 g/mol. The molecule has 0 bridgehead atoms. The Morgan fingerprint density at radius 1 is 1.53 bits per heavy atom. The predicted octanol–water partition coefficient (Wildman–Crippen LogP) is 4.41. The van der Waals surface area contributed by atoms with E-state index in [0.717, 1.165) is 6.42 Å². The quantitative estimate of drug-likeness (QED) is 0.732. The molecule has 0 aromatic carbocycles. The van der Waals surface area contributed by atoms with Gasteiger partial charge in [0.15, 0.2) is 0 Å². The van der Waals surface area contributed by atoms with E-state index in [1.807, 2.05) is 23.7 Å². The first kappa shape index (κ1) is 10.8. The molecular formula is C12H14OS2. The molecule has 0 aliphatic heterocycles. The van der Waals surface area contributed by atoms with Crippen LogP contribution in [0, 0.1) is 0 Å². The summed E-state index contributed by atoms with van der Waals surface area (Å²) >= 11 is 3.65. The maximum absolute atomic E-state index is 5.10. The number of rotatable bonds is 4. The fourth-order valence-electron chi connectivity index (χ4n) is 1.55. The van der Waals surface area contributed by atoms with Crippen LogP contribution in [0.3, 0.4) is 0 Å². The van der Waals surface area contributed by atoms with Gasteiger partial charge in [-0.25, -0.2) is 0 Å². The highest BCUT2D eigenvalue weighted by Gasteiger charge is 2.09. The Balaban J connectivity index is 2.02. The van der Waals surface area contributed by atoms with Gasteiger partial charge in [-0.15, -0.1) is 23.1 Å². The Labute approximate surface area is 98.5 Å². The maximum Gasteiger partial charge on any atom is 0.0937 e. The lowest BCUT2D eigenvalue weighted by molar-refractivity contribution is 0.560. The second-order valence-corrected chi connectivity index (χ2v) is 5.49. The lowest BCUT2D eigenvalue weighted by atomic mass is 10.0. The molecule has 3 heteroatoms. The van der Waals surface area contributed by atoms with Crippen LogP contribution in [-0.2, 0) is 6.42 Å². The van der Waals surface area contributed by atoms with Crippen molar-refractivity contribution >= 4 is 23.1 Å². The van der Waals surface area contributed by atoms with Gasteiger partial charge in [0.25, 0.3) is 0 Å². The molecule has 0 saturated heterocycles. The van der Waals surface area contributed by atoms with E-state index in [2.05, 4.69) is 24.6 Å². The van der Waals surface area contributed by atoms with Gasteiger partial charge in [-0.1, -0.05) is 6.92 Å². The average Bonchev–Trinajstić information content (AvgIpc) is 2.87. The summed E-state index contributed by atoms with van der Waals surface area (Å²) in [5, 5.41) is 2.22. The Morgan fingerprint density at radius 3 is 3.00 bits per heavy atom. The standard InChI is InChI=1S/C12H14OS2/c1-9(10-3-4-13-7-10)5-11-6-12(14-2)8-15-11/h3-4,6-9H,5H2,1-2H3. The molecule has 2 heterocycles. The second-order valence-electron chi connectivity index (χ2n) is 3.61. The van der Waals surface area contributed by atoms with E-state index >= 15 is 0 Å². The molecular weight excluding hydrogens is 224 g/mol. The molecule has 0 fully saturated rings. The highest BCUT2D eigenvalue weighted by molar-refractivity contribution is 7.98. The lowest BCUT2D eigenvalue weighted by Gasteiger charge is -2.06. The van der Waals surface area contributed by atoms with Crippen molar-refractivity contribution in [2.75, 3.05) is 6.26 Å². The predicted molar refractivity (Wildman–Crippen MR) is 66.9 cm³/mol. The molecule has 0 saturated carbocycles. The van der Waals surface area contributed by atoms with Crippen LogP contribution in [0.25, 0.3) is 0 Å². The van der Waals surface area contributed by atoms with Crippen molar-refractivity contribution in [1.82, 2.24) is 0 Å². The Kier molecular flexibility index (Phi) is 3.54. The summed E-state index contributed by atoms with van der Waals surface area (Å²) in [6.07, 6.45) is 6.80. The van der Waals surface area contributed by atoms with Gasteiger partial charge < -0.3 is 4.42 Å². The van der Waals surface area contributed by atoms with Crippen molar-refractivity contribution in [3.63, 3.8) is 0 Å². The van der Waals surface area contributed by atoms with E-state index in [1.54, 1.807) is 18.0 Å². The Hall–Kier alpha value is -0.670. The summed E-state index contributed by atoms with van der Waals surface area (Å²) in [6.45, 7) is 2.24. The van der Waals surface area contributed by atoms with Crippen LogP contribution in [0.4, 0.5) is 0 Å². The molecule has 1 nitrogen and oxygen atoms in total. The van der Waals surface area contributed by atoms with E-state index in [-0.39, 0.29) is 0 Å². The zero-order chi connectivity index (χ0) is 10.7. The van der Waals surface area contributed by atoms with Crippen molar-refractivity contribution in [2.45, 2.75) is 24.2 Å². The molecule has 0 amide bonds. The molecule has 2 aromatic heterocycles. The fourth-order valence-corrected chi connectivity index (χ4v) is 3.29. The van der Waals surface area contributed by atoms with E-state index in [0.29, 0.717) is 5.92 Å². The van der Waals surface area contributed by atoms with Crippen molar-refractivity contribution in [1.29, 1.82) is 0 Å². The number of hydrogen-bond acceptors (Lipinski definition) is 3. The lowest BCUT2D eigenvalue weighted by Crippen LogP contribution is -1.94. The van der Waals surface area contributed by atoms with Gasteiger partial charge in [-0.2, -0.15) is 0 Å². The molecule has 0 aliphatic carbocycles. The van der Waals surface area contributed by atoms with Gasteiger partial charge in [0.2, 0.25) is 0 Å². The third-order valence-corrected chi connectivity index (χ3v) is 4.30. The van der Waals surface area contributed by atoms with Crippen LogP contribution in [0.1, 0.15) is 23.3 Å². The zero-order valence-corrected chi connectivity index (χ0v) is 10.5. The minimum Gasteiger partial charge on any atom is -0.472 e. The molecule has 0 radical (unpaired) electrons. The molecule has 15 heavy (non-hydrogen) atoms. The Bertz CT molecular complexity index is 403. The highest BCUT2D eigenvalue weighted by Crippen LogP contribution is 2.27. The van der Waals surface area contributed by atoms with E-state index in [1.165, 1.54) is 15.3 Å². The summed E-state index contributed by atoms with van der Waals surface area (Å²) in [6, 6.07) is 4.33. The molecule has 1 unspecified atom stereocenters. The minimum atomic E-state index is 0.539. The van der Waals surface area contributed by atoms with Gasteiger partial charge in [-0.05, 0) is 36.3 Å². The molecule has 2 aromatic rings. The van der Waals surface area contributed by atoms with Crippen LogP contribution < -0.4 is 0 Å². The van der Waals surface area contributed by atoms with E-state index < -0.39 is 0 Å². The molecule has 0 aliphatic rings. The van der Waals surface area contributed by atoms with Crippen LogP contribution >= 0.6 is 23.1 Å². The first-order valence-corrected chi connectivity index (χ1v) is 7.03. The third-order valence-electron chi connectivity index (χ3n) is 2.48. The van der Waals surface area contributed by atoms with Gasteiger partial charge in [0.05, 0.1) is 12.5 Å². The minimum absolute atomic E-state index is 0.539. The van der Waals surface area contributed by atoms with Crippen molar-refractivity contribution in [3.05, 3.63) is 40.5 Å². The van der Waals surface area contributed by atoms with Crippen LogP contribution in [0.5, 0.6) is 0 Å². The molecule has 1 atom stereocenters. The summed E-state index contributed by atoms with van der Waals surface area (Å²) in [7, 11) is 0. The van der Waals surface area contributed by atoms with Gasteiger partial charge in [0, 0.05) is 15.2 Å². The van der Waals surface area contributed by atoms with Gasteiger partial charge >= 0.3 is 0 Å². The number of thiophene rings is 1. The van der Waals surface area contributed by atoms with E-state index in [9.17, 15) is 0 Å².